The van der Waals surface area contributed by atoms with Crippen molar-refractivity contribution in [3.8, 4) is 0 Å². The van der Waals surface area contributed by atoms with Crippen LogP contribution in [0.15, 0.2) is 36.7 Å². The van der Waals surface area contributed by atoms with Crippen LogP contribution in [0.2, 0.25) is 0 Å². The lowest BCUT2D eigenvalue weighted by Crippen LogP contribution is -2.32. The number of benzene rings is 1. The molecule has 1 aromatic carbocycles. The van der Waals surface area contributed by atoms with Crippen molar-refractivity contribution in [2.24, 2.45) is 5.73 Å². The molecule has 0 bridgehead atoms. The fourth-order valence-corrected chi connectivity index (χ4v) is 2.17. The molecule has 1 aromatic heterocycles. The van der Waals surface area contributed by atoms with Gasteiger partial charge in [0.15, 0.2) is 0 Å². The Morgan fingerprint density at radius 2 is 1.83 bits per heavy atom. The van der Waals surface area contributed by atoms with E-state index in [0.29, 0.717) is 0 Å². The van der Waals surface area contributed by atoms with Crippen LogP contribution in [-0.4, -0.2) is 15.8 Å². The zero-order chi connectivity index (χ0) is 13.1. The van der Waals surface area contributed by atoms with E-state index in [1.54, 1.807) is 0 Å². The molecule has 0 saturated carbocycles. The van der Waals surface area contributed by atoms with Gasteiger partial charge in [0.2, 0.25) is 0 Å². The first-order valence-corrected chi connectivity index (χ1v) is 6.44. The Morgan fingerprint density at radius 1 is 1.17 bits per heavy atom. The normalized spacial score (nSPS) is 14.4. The molecule has 3 nitrogen and oxygen atoms in total. The van der Waals surface area contributed by atoms with Gasteiger partial charge in [0, 0.05) is 12.2 Å². The summed E-state index contributed by atoms with van der Waals surface area (Å²) in [7, 11) is 0. The molecule has 0 spiro atoms. The van der Waals surface area contributed by atoms with Crippen LogP contribution in [0.4, 0.5) is 0 Å². The highest BCUT2D eigenvalue weighted by molar-refractivity contribution is 5.26. The van der Waals surface area contributed by atoms with Crippen molar-refractivity contribution >= 4 is 0 Å². The van der Waals surface area contributed by atoms with Crippen molar-refractivity contribution in [1.82, 2.24) is 9.78 Å². The minimum Gasteiger partial charge on any atom is -0.326 e. The van der Waals surface area contributed by atoms with Crippen LogP contribution < -0.4 is 5.73 Å². The predicted molar refractivity (Wildman–Crippen MR) is 74.5 cm³/mol. The van der Waals surface area contributed by atoms with Gasteiger partial charge < -0.3 is 5.73 Å². The van der Waals surface area contributed by atoms with Gasteiger partial charge in [-0.3, -0.25) is 4.68 Å². The van der Waals surface area contributed by atoms with E-state index in [1.807, 2.05) is 17.8 Å². The third-order valence-corrected chi connectivity index (χ3v) is 3.31. The van der Waals surface area contributed by atoms with E-state index in [2.05, 4.69) is 49.4 Å². The molecule has 0 fully saturated rings. The SMILES string of the molecule is CCC(N)C(c1ccc(C)cc1)n1cc(C)cn1. The van der Waals surface area contributed by atoms with Gasteiger partial charge in [0.1, 0.15) is 0 Å². The molecule has 0 saturated heterocycles. The third kappa shape index (κ3) is 2.62. The molecule has 0 amide bonds. The van der Waals surface area contributed by atoms with Crippen molar-refractivity contribution in [3.63, 3.8) is 0 Å². The standard InChI is InChI=1S/C15H21N3/c1-4-14(16)15(18-10-12(3)9-17-18)13-7-5-11(2)6-8-13/h5-10,14-15H,4,16H2,1-3H3. The van der Waals surface area contributed by atoms with E-state index >= 15 is 0 Å². The zero-order valence-corrected chi connectivity index (χ0v) is 11.3. The molecule has 1 heterocycles. The van der Waals surface area contributed by atoms with E-state index in [4.69, 9.17) is 5.73 Å². The van der Waals surface area contributed by atoms with Gasteiger partial charge in [-0.15, -0.1) is 0 Å². The molecular formula is C15H21N3. The van der Waals surface area contributed by atoms with Gasteiger partial charge in [-0.1, -0.05) is 36.8 Å². The summed E-state index contributed by atoms with van der Waals surface area (Å²) in [6.07, 6.45) is 4.86. The molecular weight excluding hydrogens is 222 g/mol. The first-order chi connectivity index (χ1) is 8.61. The first-order valence-electron chi connectivity index (χ1n) is 6.44. The van der Waals surface area contributed by atoms with Crippen molar-refractivity contribution in [2.45, 2.75) is 39.3 Å². The van der Waals surface area contributed by atoms with Gasteiger partial charge in [0.05, 0.1) is 12.2 Å². The van der Waals surface area contributed by atoms with Crippen LogP contribution in [0.25, 0.3) is 0 Å². The van der Waals surface area contributed by atoms with Crippen LogP contribution in [-0.2, 0) is 0 Å². The number of aryl methyl sites for hydroxylation is 2. The first kappa shape index (κ1) is 12.8. The number of hydrogen-bond donors (Lipinski definition) is 1. The summed E-state index contributed by atoms with van der Waals surface area (Å²) < 4.78 is 1.98. The average molecular weight is 243 g/mol. The van der Waals surface area contributed by atoms with E-state index in [-0.39, 0.29) is 12.1 Å². The van der Waals surface area contributed by atoms with E-state index in [1.165, 1.54) is 11.1 Å². The van der Waals surface area contributed by atoms with Crippen LogP contribution in [0.3, 0.4) is 0 Å². The maximum Gasteiger partial charge on any atom is 0.0919 e. The topological polar surface area (TPSA) is 43.8 Å². The zero-order valence-electron chi connectivity index (χ0n) is 11.3. The molecule has 2 N–H and O–H groups in total. The van der Waals surface area contributed by atoms with Crippen molar-refractivity contribution in [3.05, 3.63) is 53.3 Å². The minimum absolute atomic E-state index is 0.0759. The molecule has 0 aliphatic heterocycles. The number of rotatable bonds is 4. The Labute approximate surface area is 109 Å². The lowest BCUT2D eigenvalue weighted by molar-refractivity contribution is 0.424. The maximum absolute atomic E-state index is 6.27. The molecule has 3 heteroatoms. The summed E-state index contributed by atoms with van der Waals surface area (Å²) in [5, 5.41) is 4.42. The third-order valence-electron chi connectivity index (χ3n) is 3.31. The fourth-order valence-electron chi connectivity index (χ4n) is 2.17. The van der Waals surface area contributed by atoms with Gasteiger partial charge in [-0.25, -0.2) is 0 Å². The van der Waals surface area contributed by atoms with E-state index < -0.39 is 0 Å². The molecule has 0 aliphatic carbocycles. The highest BCUT2D eigenvalue weighted by Gasteiger charge is 2.20. The molecule has 2 aromatic rings. The highest BCUT2D eigenvalue weighted by Crippen LogP contribution is 2.23. The lowest BCUT2D eigenvalue weighted by atomic mass is 9.97. The summed E-state index contributed by atoms with van der Waals surface area (Å²) in [4.78, 5) is 0. The van der Waals surface area contributed by atoms with Crippen molar-refractivity contribution in [1.29, 1.82) is 0 Å². The lowest BCUT2D eigenvalue weighted by Gasteiger charge is -2.24. The molecule has 0 radical (unpaired) electrons. The van der Waals surface area contributed by atoms with Crippen LogP contribution in [0, 0.1) is 13.8 Å². The highest BCUT2D eigenvalue weighted by atomic mass is 15.3. The molecule has 2 atom stereocenters. The molecule has 18 heavy (non-hydrogen) atoms. The second-order valence-electron chi connectivity index (χ2n) is 4.93. The maximum atomic E-state index is 6.27. The van der Waals surface area contributed by atoms with Crippen molar-refractivity contribution in [2.75, 3.05) is 0 Å². The molecule has 2 rings (SSSR count). The summed E-state index contributed by atoms with van der Waals surface area (Å²) >= 11 is 0. The molecule has 2 unspecified atom stereocenters. The number of hydrogen-bond acceptors (Lipinski definition) is 2. The summed E-state index contributed by atoms with van der Waals surface area (Å²) in [5.41, 5.74) is 9.91. The Bertz CT molecular complexity index is 499. The Morgan fingerprint density at radius 3 is 2.33 bits per heavy atom. The summed E-state index contributed by atoms with van der Waals surface area (Å²) in [6.45, 7) is 6.26. The average Bonchev–Trinajstić information content (AvgIpc) is 2.78. The summed E-state index contributed by atoms with van der Waals surface area (Å²) in [5.74, 6) is 0. The Balaban J connectivity index is 2.39. The fraction of sp³-hybridized carbons (Fsp3) is 0.400. The predicted octanol–water partition coefficient (Wildman–Crippen LogP) is 2.83. The van der Waals surface area contributed by atoms with Crippen LogP contribution in [0.5, 0.6) is 0 Å². The molecule has 0 aliphatic rings. The van der Waals surface area contributed by atoms with Crippen LogP contribution >= 0.6 is 0 Å². The van der Waals surface area contributed by atoms with Gasteiger partial charge in [0.25, 0.3) is 0 Å². The Kier molecular flexibility index (Phi) is 3.82. The Hall–Kier alpha value is -1.61. The van der Waals surface area contributed by atoms with Gasteiger partial charge in [-0.2, -0.15) is 5.10 Å². The van der Waals surface area contributed by atoms with E-state index in [9.17, 15) is 0 Å². The minimum atomic E-state index is 0.0759. The quantitative estimate of drug-likeness (QED) is 0.897. The second kappa shape index (κ2) is 5.36. The van der Waals surface area contributed by atoms with Gasteiger partial charge >= 0.3 is 0 Å². The van der Waals surface area contributed by atoms with Crippen LogP contribution in [0.1, 0.15) is 36.1 Å². The van der Waals surface area contributed by atoms with Crippen molar-refractivity contribution < 1.29 is 0 Å². The smallest absolute Gasteiger partial charge is 0.0919 e. The summed E-state index contributed by atoms with van der Waals surface area (Å²) in [6, 6.07) is 8.73. The number of aromatic nitrogens is 2. The number of nitrogens with two attached hydrogens (primary N) is 1. The van der Waals surface area contributed by atoms with Gasteiger partial charge in [-0.05, 0) is 31.4 Å². The second-order valence-corrected chi connectivity index (χ2v) is 4.93. The monoisotopic (exact) mass is 243 g/mol. The van der Waals surface area contributed by atoms with E-state index in [0.717, 1.165) is 12.0 Å². The molecule has 96 valence electrons. The number of nitrogens with zero attached hydrogens (tertiary/aromatic N) is 2. The largest absolute Gasteiger partial charge is 0.326 e.